The van der Waals surface area contributed by atoms with Crippen LogP contribution in [-0.2, 0) is 0 Å². The van der Waals surface area contributed by atoms with Gasteiger partial charge in [-0.2, -0.15) is 5.26 Å². The minimum absolute atomic E-state index is 0.199. The van der Waals surface area contributed by atoms with E-state index >= 15 is 0 Å². The number of amides is 2. The van der Waals surface area contributed by atoms with Crippen LogP contribution in [0.4, 0.5) is 10.7 Å². The van der Waals surface area contributed by atoms with Crippen molar-refractivity contribution in [1.82, 2.24) is 0 Å². The number of thiophene rings is 1. The molecule has 0 atom stereocenters. The maximum atomic E-state index is 12.4. The Hall–Kier alpha value is -3.37. The van der Waals surface area contributed by atoms with E-state index in [1.54, 1.807) is 49.4 Å². The number of nitriles is 1. The summed E-state index contributed by atoms with van der Waals surface area (Å²) in [5.74, 6) is -0.471. The first-order chi connectivity index (χ1) is 12.1. The van der Waals surface area contributed by atoms with Crippen LogP contribution in [0, 0.1) is 18.3 Å². The number of furan rings is 1. The van der Waals surface area contributed by atoms with Gasteiger partial charge in [0, 0.05) is 5.69 Å². The number of carbonyl (C=O) groups is 2. The SMILES string of the molecule is Cc1cc(NC(=O)c2ccco2)sc1C(=O)Nc1cccc(C#N)c1. The third-order valence-electron chi connectivity index (χ3n) is 3.36. The Kier molecular flexibility index (Phi) is 4.64. The molecule has 1 aromatic carbocycles. The largest absolute Gasteiger partial charge is 0.459 e. The van der Waals surface area contributed by atoms with Crippen LogP contribution in [0.25, 0.3) is 0 Å². The number of nitrogens with zero attached hydrogens (tertiary/aromatic N) is 1. The van der Waals surface area contributed by atoms with Gasteiger partial charge in [-0.3, -0.25) is 9.59 Å². The highest BCUT2D eigenvalue weighted by Crippen LogP contribution is 2.28. The zero-order valence-corrected chi connectivity index (χ0v) is 14.0. The molecule has 7 heteroatoms. The van der Waals surface area contributed by atoms with E-state index in [1.807, 2.05) is 6.07 Å². The van der Waals surface area contributed by atoms with E-state index in [4.69, 9.17) is 9.68 Å². The summed E-state index contributed by atoms with van der Waals surface area (Å²) in [6.45, 7) is 1.79. The van der Waals surface area contributed by atoms with E-state index in [2.05, 4.69) is 10.6 Å². The minimum atomic E-state index is -0.375. The number of benzene rings is 1. The number of rotatable bonds is 4. The van der Waals surface area contributed by atoms with E-state index in [-0.39, 0.29) is 17.6 Å². The number of hydrogen-bond acceptors (Lipinski definition) is 5. The third-order valence-corrected chi connectivity index (χ3v) is 4.51. The van der Waals surface area contributed by atoms with Crippen LogP contribution in [0.1, 0.15) is 31.4 Å². The lowest BCUT2D eigenvalue weighted by molar-refractivity contribution is 0.0995. The predicted octanol–water partition coefficient (Wildman–Crippen LogP) is 4.03. The monoisotopic (exact) mass is 351 g/mol. The van der Waals surface area contributed by atoms with Gasteiger partial charge in [0.05, 0.1) is 27.8 Å². The van der Waals surface area contributed by atoms with Crippen molar-refractivity contribution in [2.45, 2.75) is 6.92 Å². The Bertz CT molecular complexity index is 968. The van der Waals surface area contributed by atoms with Gasteiger partial charge in [-0.15, -0.1) is 11.3 Å². The Morgan fingerprint density at radius 2 is 1.96 bits per heavy atom. The maximum Gasteiger partial charge on any atom is 0.291 e. The first kappa shape index (κ1) is 16.5. The number of aryl methyl sites for hydroxylation is 1. The summed E-state index contributed by atoms with van der Waals surface area (Å²) in [6.07, 6.45) is 1.42. The highest BCUT2D eigenvalue weighted by atomic mass is 32.1. The quantitative estimate of drug-likeness (QED) is 0.742. The molecule has 0 spiro atoms. The summed E-state index contributed by atoms with van der Waals surface area (Å²) in [5.41, 5.74) is 1.75. The zero-order chi connectivity index (χ0) is 17.8. The molecule has 6 nitrogen and oxygen atoms in total. The fourth-order valence-electron chi connectivity index (χ4n) is 2.20. The Morgan fingerprint density at radius 3 is 2.68 bits per heavy atom. The smallest absolute Gasteiger partial charge is 0.291 e. The summed E-state index contributed by atoms with van der Waals surface area (Å²) < 4.78 is 5.04. The van der Waals surface area contributed by atoms with Crippen LogP contribution in [0.3, 0.4) is 0 Å². The molecular formula is C18H13N3O3S. The van der Waals surface area contributed by atoms with E-state index in [9.17, 15) is 9.59 Å². The summed E-state index contributed by atoms with van der Waals surface area (Å²) in [5, 5.41) is 14.9. The van der Waals surface area contributed by atoms with Crippen LogP contribution in [0.15, 0.2) is 53.1 Å². The van der Waals surface area contributed by atoms with Gasteiger partial charge >= 0.3 is 0 Å². The molecule has 0 saturated heterocycles. The van der Waals surface area contributed by atoms with Gasteiger partial charge in [0.15, 0.2) is 5.76 Å². The molecule has 3 rings (SSSR count). The number of nitrogens with one attached hydrogen (secondary N) is 2. The molecule has 0 bridgehead atoms. The fraction of sp³-hybridized carbons (Fsp3) is 0.0556. The molecule has 0 aliphatic rings. The summed E-state index contributed by atoms with van der Waals surface area (Å²) >= 11 is 1.17. The van der Waals surface area contributed by atoms with Crippen molar-refractivity contribution in [3.8, 4) is 6.07 Å². The molecule has 2 heterocycles. The Labute approximate surface area is 147 Å². The molecule has 3 aromatic rings. The summed E-state index contributed by atoms with van der Waals surface area (Å²) in [7, 11) is 0. The Morgan fingerprint density at radius 1 is 1.12 bits per heavy atom. The lowest BCUT2D eigenvalue weighted by Gasteiger charge is -2.04. The van der Waals surface area contributed by atoms with Crippen molar-refractivity contribution in [1.29, 1.82) is 5.26 Å². The summed E-state index contributed by atoms with van der Waals surface area (Å²) in [4.78, 5) is 24.9. The minimum Gasteiger partial charge on any atom is -0.459 e. The van der Waals surface area contributed by atoms with Crippen molar-refractivity contribution < 1.29 is 14.0 Å². The molecule has 0 unspecified atom stereocenters. The molecule has 0 aliphatic carbocycles. The molecule has 2 aromatic heterocycles. The second-order valence-electron chi connectivity index (χ2n) is 5.20. The number of anilines is 2. The standard InChI is InChI=1S/C18H13N3O3S/c1-11-8-15(21-17(22)14-6-3-7-24-14)25-16(11)18(23)20-13-5-2-4-12(9-13)10-19/h2-9H,1H3,(H,20,23)(H,21,22). The van der Waals surface area contributed by atoms with Crippen LogP contribution < -0.4 is 10.6 Å². The van der Waals surface area contributed by atoms with E-state index in [1.165, 1.54) is 17.6 Å². The molecule has 0 aliphatic heterocycles. The lowest BCUT2D eigenvalue weighted by atomic mass is 10.2. The molecular weight excluding hydrogens is 338 g/mol. The van der Waals surface area contributed by atoms with E-state index in [0.29, 0.717) is 21.1 Å². The topological polar surface area (TPSA) is 95.1 Å². The van der Waals surface area contributed by atoms with Gasteiger partial charge in [0.25, 0.3) is 11.8 Å². The molecule has 124 valence electrons. The molecule has 2 amide bonds. The van der Waals surface area contributed by atoms with Crippen molar-refractivity contribution in [3.05, 3.63) is 70.5 Å². The zero-order valence-electron chi connectivity index (χ0n) is 13.2. The average molecular weight is 351 g/mol. The molecule has 2 N–H and O–H groups in total. The fourth-order valence-corrected chi connectivity index (χ4v) is 3.17. The normalized spacial score (nSPS) is 10.1. The van der Waals surface area contributed by atoms with Gasteiger partial charge in [0.2, 0.25) is 0 Å². The van der Waals surface area contributed by atoms with Crippen LogP contribution in [0.5, 0.6) is 0 Å². The van der Waals surface area contributed by atoms with Crippen molar-refractivity contribution >= 4 is 33.8 Å². The van der Waals surface area contributed by atoms with E-state index in [0.717, 1.165) is 5.56 Å². The number of hydrogen-bond donors (Lipinski definition) is 2. The average Bonchev–Trinajstić information content (AvgIpc) is 3.25. The van der Waals surface area contributed by atoms with Crippen LogP contribution >= 0.6 is 11.3 Å². The molecule has 0 radical (unpaired) electrons. The molecule has 0 saturated carbocycles. The van der Waals surface area contributed by atoms with Gasteiger partial charge < -0.3 is 15.1 Å². The Balaban J connectivity index is 1.74. The van der Waals surface area contributed by atoms with Crippen molar-refractivity contribution in [2.24, 2.45) is 0 Å². The lowest BCUT2D eigenvalue weighted by Crippen LogP contribution is -2.11. The first-order valence-electron chi connectivity index (χ1n) is 7.33. The molecule has 25 heavy (non-hydrogen) atoms. The second-order valence-corrected chi connectivity index (χ2v) is 6.25. The maximum absolute atomic E-state index is 12.4. The first-order valence-corrected chi connectivity index (χ1v) is 8.15. The second kappa shape index (κ2) is 7.03. The summed E-state index contributed by atoms with van der Waals surface area (Å²) in [6, 6.07) is 13.6. The van der Waals surface area contributed by atoms with Crippen LogP contribution in [0.2, 0.25) is 0 Å². The predicted molar refractivity (Wildman–Crippen MR) is 94.8 cm³/mol. The van der Waals surface area contributed by atoms with Gasteiger partial charge in [-0.1, -0.05) is 6.07 Å². The number of carbonyl (C=O) groups excluding carboxylic acids is 2. The van der Waals surface area contributed by atoms with E-state index < -0.39 is 0 Å². The van der Waals surface area contributed by atoms with Gasteiger partial charge in [-0.05, 0) is 48.9 Å². The molecule has 0 fully saturated rings. The van der Waals surface area contributed by atoms with Crippen molar-refractivity contribution in [2.75, 3.05) is 10.6 Å². The highest BCUT2D eigenvalue weighted by molar-refractivity contribution is 7.18. The van der Waals surface area contributed by atoms with Gasteiger partial charge in [-0.25, -0.2) is 0 Å². The third kappa shape index (κ3) is 3.76. The van der Waals surface area contributed by atoms with Crippen molar-refractivity contribution in [3.63, 3.8) is 0 Å². The highest BCUT2D eigenvalue weighted by Gasteiger charge is 2.16. The van der Waals surface area contributed by atoms with Crippen LogP contribution in [-0.4, -0.2) is 11.8 Å². The van der Waals surface area contributed by atoms with Gasteiger partial charge in [0.1, 0.15) is 0 Å².